The van der Waals surface area contributed by atoms with Gasteiger partial charge in [0, 0.05) is 6.54 Å². The summed E-state index contributed by atoms with van der Waals surface area (Å²) in [5.41, 5.74) is 7.83. The van der Waals surface area contributed by atoms with Crippen LogP contribution < -0.4 is 11.1 Å². The van der Waals surface area contributed by atoms with E-state index in [1.54, 1.807) is 6.20 Å². The second-order valence-electron chi connectivity index (χ2n) is 4.17. The van der Waals surface area contributed by atoms with Gasteiger partial charge >= 0.3 is 0 Å². The summed E-state index contributed by atoms with van der Waals surface area (Å²) >= 11 is 0. The molecule has 0 bridgehead atoms. The third-order valence-electron chi connectivity index (χ3n) is 2.56. The van der Waals surface area contributed by atoms with E-state index in [0.717, 1.165) is 25.0 Å². The third-order valence-corrected chi connectivity index (χ3v) is 2.56. The van der Waals surface area contributed by atoms with Gasteiger partial charge in [-0.3, -0.25) is 0 Å². The van der Waals surface area contributed by atoms with E-state index < -0.39 is 0 Å². The average molecular weight is 242 g/mol. The van der Waals surface area contributed by atoms with Gasteiger partial charge in [-0.2, -0.15) is 0 Å². The molecule has 0 aromatic heterocycles. The molecule has 0 saturated carbocycles. The monoisotopic (exact) mass is 242 g/mol. The van der Waals surface area contributed by atoms with Gasteiger partial charge in [0.15, 0.2) is 0 Å². The van der Waals surface area contributed by atoms with Crippen molar-refractivity contribution in [3.63, 3.8) is 0 Å². The van der Waals surface area contributed by atoms with E-state index in [1.807, 2.05) is 31.4 Å². The molecule has 0 unspecified atom stereocenters. The Morgan fingerprint density at radius 3 is 2.78 bits per heavy atom. The van der Waals surface area contributed by atoms with E-state index >= 15 is 0 Å². The van der Waals surface area contributed by atoms with Crippen molar-refractivity contribution in [3.8, 4) is 0 Å². The van der Waals surface area contributed by atoms with Crippen molar-refractivity contribution in [3.05, 3.63) is 72.1 Å². The second kappa shape index (κ2) is 9.11. The first-order valence-electron chi connectivity index (χ1n) is 6.32. The molecule has 3 N–H and O–H groups in total. The van der Waals surface area contributed by atoms with Gasteiger partial charge in [-0.1, -0.05) is 36.4 Å². The molecule has 0 aliphatic heterocycles. The van der Waals surface area contributed by atoms with E-state index in [-0.39, 0.29) is 0 Å². The molecule has 0 spiro atoms. The molecule has 0 atom stereocenters. The topological polar surface area (TPSA) is 38.0 Å². The van der Waals surface area contributed by atoms with Crippen LogP contribution in [0.25, 0.3) is 0 Å². The van der Waals surface area contributed by atoms with Gasteiger partial charge in [0.05, 0.1) is 0 Å². The maximum Gasteiger partial charge on any atom is 0.0144 e. The predicted octanol–water partition coefficient (Wildman–Crippen LogP) is 3.14. The lowest BCUT2D eigenvalue weighted by Crippen LogP contribution is -2.07. The van der Waals surface area contributed by atoms with E-state index in [9.17, 15) is 0 Å². The Hall–Kier alpha value is -1.96. The highest BCUT2D eigenvalue weighted by molar-refractivity contribution is 5.20. The van der Waals surface area contributed by atoms with Crippen LogP contribution in [0.2, 0.25) is 0 Å². The lowest BCUT2D eigenvalue weighted by Gasteiger charge is -2.01. The Labute approximate surface area is 110 Å². The van der Waals surface area contributed by atoms with Gasteiger partial charge in [-0.05, 0) is 55.5 Å². The molecule has 0 amide bonds. The van der Waals surface area contributed by atoms with Crippen molar-refractivity contribution < 1.29 is 0 Å². The summed E-state index contributed by atoms with van der Waals surface area (Å²) in [5.74, 6) is 0. The number of hydrogen-bond donors (Lipinski definition) is 2. The average Bonchev–Trinajstić information content (AvgIpc) is 2.39. The van der Waals surface area contributed by atoms with Crippen LogP contribution in [0, 0.1) is 0 Å². The van der Waals surface area contributed by atoms with Crippen molar-refractivity contribution in [2.75, 3.05) is 6.54 Å². The molecular weight excluding hydrogens is 220 g/mol. The maximum atomic E-state index is 5.29. The molecule has 18 heavy (non-hydrogen) atoms. The Balaban J connectivity index is 2.12. The highest BCUT2D eigenvalue weighted by Gasteiger charge is 1.89. The molecule has 0 heterocycles. The minimum absolute atomic E-state index is 0.991. The Kier molecular flexibility index (Phi) is 7.14. The Morgan fingerprint density at radius 2 is 2.06 bits per heavy atom. The fourth-order valence-electron chi connectivity index (χ4n) is 1.60. The van der Waals surface area contributed by atoms with Crippen LogP contribution >= 0.6 is 0 Å². The van der Waals surface area contributed by atoms with Gasteiger partial charge in [-0.25, -0.2) is 0 Å². The predicted molar refractivity (Wildman–Crippen MR) is 79.0 cm³/mol. The largest absolute Gasteiger partial charge is 0.405 e. The molecule has 96 valence electrons. The summed E-state index contributed by atoms with van der Waals surface area (Å²) in [5, 5.41) is 3.27. The van der Waals surface area contributed by atoms with Crippen LogP contribution in [0.3, 0.4) is 0 Å². The van der Waals surface area contributed by atoms with Crippen LogP contribution in [0.4, 0.5) is 0 Å². The maximum absolute atomic E-state index is 5.29. The van der Waals surface area contributed by atoms with Crippen LogP contribution in [0.5, 0.6) is 0 Å². The van der Waals surface area contributed by atoms with Crippen molar-refractivity contribution in [2.45, 2.75) is 19.8 Å². The summed E-state index contributed by atoms with van der Waals surface area (Å²) < 4.78 is 0. The zero-order chi connectivity index (χ0) is 13.1. The van der Waals surface area contributed by atoms with Crippen molar-refractivity contribution in [1.29, 1.82) is 0 Å². The SMILES string of the molecule is CC(=C/C=C/NCCCc1ccccc1)/C=C/N. The Morgan fingerprint density at radius 1 is 1.28 bits per heavy atom. The quantitative estimate of drug-likeness (QED) is 0.569. The molecule has 0 radical (unpaired) electrons. The molecule has 0 fully saturated rings. The first kappa shape index (κ1) is 14.1. The number of rotatable bonds is 7. The standard InChI is InChI=1S/C16H22N2/c1-15(11-12-17)7-5-13-18-14-6-10-16-8-3-2-4-9-16/h2-5,7-9,11-13,18H,6,10,14,17H2,1H3/b12-11+,13-5+,15-7-. The zero-order valence-electron chi connectivity index (χ0n) is 11.0. The van der Waals surface area contributed by atoms with Crippen LogP contribution in [0.15, 0.2) is 66.5 Å². The molecular formula is C16H22N2. The van der Waals surface area contributed by atoms with Crippen LogP contribution in [-0.2, 0) is 6.42 Å². The van der Waals surface area contributed by atoms with Crippen molar-refractivity contribution >= 4 is 0 Å². The molecule has 1 rings (SSSR count). The number of nitrogens with one attached hydrogen (secondary N) is 1. The summed E-state index contributed by atoms with van der Waals surface area (Å²) in [6.45, 7) is 3.01. The van der Waals surface area contributed by atoms with E-state index in [0.29, 0.717) is 0 Å². The van der Waals surface area contributed by atoms with Gasteiger partial charge in [0.1, 0.15) is 0 Å². The molecule has 0 aliphatic rings. The number of benzene rings is 1. The normalized spacial score (nSPS) is 12.4. The number of nitrogens with two attached hydrogens (primary N) is 1. The van der Waals surface area contributed by atoms with E-state index in [2.05, 4.69) is 35.6 Å². The molecule has 0 aliphatic carbocycles. The number of hydrogen-bond acceptors (Lipinski definition) is 2. The first-order chi connectivity index (χ1) is 8.83. The molecule has 1 aromatic carbocycles. The fourth-order valence-corrected chi connectivity index (χ4v) is 1.60. The van der Waals surface area contributed by atoms with Crippen molar-refractivity contribution in [2.24, 2.45) is 5.73 Å². The molecule has 2 nitrogen and oxygen atoms in total. The van der Waals surface area contributed by atoms with Gasteiger partial charge in [0.2, 0.25) is 0 Å². The molecule has 0 saturated heterocycles. The van der Waals surface area contributed by atoms with E-state index in [4.69, 9.17) is 5.73 Å². The second-order valence-corrected chi connectivity index (χ2v) is 4.17. The van der Waals surface area contributed by atoms with Crippen LogP contribution in [-0.4, -0.2) is 6.54 Å². The minimum atomic E-state index is 0.991. The van der Waals surface area contributed by atoms with Gasteiger partial charge < -0.3 is 11.1 Å². The Bertz CT molecular complexity index is 402. The smallest absolute Gasteiger partial charge is 0.0144 e. The highest BCUT2D eigenvalue weighted by atomic mass is 14.8. The minimum Gasteiger partial charge on any atom is -0.405 e. The number of allylic oxidation sites excluding steroid dienone is 4. The lowest BCUT2D eigenvalue weighted by atomic mass is 10.1. The lowest BCUT2D eigenvalue weighted by molar-refractivity contribution is 0.752. The van der Waals surface area contributed by atoms with Gasteiger partial charge in [-0.15, -0.1) is 0 Å². The molecule has 2 heteroatoms. The van der Waals surface area contributed by atoms with Crippen LogP contribution in [0.1, 0.15) is 18.9 Å². The van der Waals surface area contributed by atoms with Gasteiger partial charge in [0.25, 0.3) is 0 Å². The summed E-state index contributed by atoms with van der Waals surface area (Å²) in [6.07, 6.45) is 11.7. The van der Waals surface area contributed by atoms with E-state index in [1.165, 1.54) is 5.56 Å². The first-order valence-corrected chi connectivity index (χ1v) is 6.32. The molecule has 1 aromatic rings. The summed E-state index contributed by atoms with van der Waals surface area (Å²) in [7, 11) is 0. The van der Waals surface area contributed by atoms with Crippen molar-refractivity contribution in [1.82, 2.24) is 5.32 Å². The third kappa shape index (κ3) is 6.59. The summed E-state index contributed by atoms with van der Waals surface area (Å²) in [6, 6.07) is 10.6. The fraction of sp³-hybridized carbons (Fsp3) is 0.250. The number of aryl methyl sites for hydroxylation is 1. The summed E-state index contributed by atoms with van der Waals surface area (Å²) in [4.78, 5) is 0. The zero-order valence-corrected chi connectivity index (χ0v) is 11.0. The highest BCUT2D eigenvalue weighted by Crippen LogP contribution is 2.01.